The fraction of sp³-hybridized carbons (Fsp3) is 0.0968. The van der Waals surface area contributed by atoms with Crippen LogP contribution in [0.4, 0.5) is 11.4 Å². The largest absolute Gasteiger partial charge is 0.493 e. The number of amides is 1. The third kappa shape index (κ3) is 7.94. The molecule has 4 rings (SSSR count). The lowest BCUT2D eigenvalue weighted by molar-refractivity contribution is -0.384. The van der Waals surface area contributed by atoms with E-state index >= 15 is 0 Å². The number of anilines is 1. The summed E-state index contributed by atoms with van der Waals surface area (Å²) < 4.78 is 18.2. The molecule has 0 heterocycles. The summed E-state index contributed by atoms with van der Waals surface area (Å²) in [6.07, 6.45) is 1.40. The molecule has 0 aliphatic rings. The first-order valence-electron chi connectivity index (χ1n) is 12.3. The number of nitro benzene ring substituents is 1. The number of hydrogen-bond donors (Lipinski definition) is 1. The van der Waals surface area contributed by atoms with Crippen molar-refractivity contribution in [2.24, 2.45) is 0 Å². The Morgan fingerprint density at radius 2 is 1.66 bits per heavy atom. The molecule has 0 aliphatic heterocycles. The predicted molar refractivity (Wildman–Crippen MR) is 158 cm³/mol. The molecule has 41 heavy (non-hydrogen) atoms. The summed E-state index contributed by atoms with van der Waals surface area (Å²) in [6, 6.07) is 27.9. The van der Waals surface area contributed by atoms with Crippen LogP contribution in [0.15, 0.2) is 101 Å². The number of methoxy groups -OCH3 is 1. The third-order valence-electron chi connectivity index (χ3n) is 5.81. The molecule has 0 spiro atoms. The Balaban J connectivity index is 1.48. The van der Waals surface area contributed by atoms with Gasteiger partial charge >= 0.3 is 0 Å². The van der Waals surface area contributed by atoms with Crippen molar-refractivity contribution in [3.63, 3.8) is 0 Å². The normalized spacial score (nSPS) is 10.8. The molecule has 0 aliphatic carbocycles. The van der Waals surface area contributed by atoms with Crippen LogP contribution >= 0.6 is 15.9 Å². The zero-order valence-electron chi connectivity index (χ0n) is 21.9. The zero-order chi connectivity index (χ0) is 29.2. The molecule has 1 N–H and O–H groups in total. The fourth-order valence-corrected chi connectivity index (χ4v) is 4.16. The average molecular weight is 614 g/mol. The lowest BCUT2D eigenvalue weighted by atomic mass is 10.1. The van der Waals surface area contributed by atoms with Gasteiger partial charge in [-0.3, -0.25) is 14.9 Å². The van der Waals surface area contributed by atoms with Gasteiger partial charge in [0.05, 0.1) is 12.0 Å². The van der Waals surface area contributed by atoms with Gasteiger partial charge in [0.2, 0.25) is 0 Å². The van der Waals surface area contributed by atoms with E-state index in [1.54, 1.807) is 25.3 Å². The number of nitrogens with zero attached hydrogens (tertiary/aromatic N) is 2. The Kier molecular flexibility index (Phi) is 9.70. The molecule has 0 bridgehead atoms. The molecule has 4 aromatic carbocycles. The minimum atomic E-state index is -0.713. The highest BCUT2D eigenvalue weighted by Gasteiger charge is 2.14. The topological polar surface area (TPSA) is 124 Å². The molecule has 9 nitrogen and oxygen atoms in total. The fourth-order valence-electron chi connectivity index (χ4n) is 3.78. The van der Waals surface area contributed by atoms with Crippen LogP contribution in [0, 0.1) is 21.4 Å². The second kappa shape index (κ2) is 13.8. The quantitative estimate of drug-likeness (QED) is 0.0830. The van der Waals surface area contributed by atoms with Crippen molar-refractivity contribution in [3.05, 3.63) is 128 Å². The van der Waals surface area contributed by atoms with Crippen molar-refractivity contribution < 1.29 is 23.9 Å². The van der Waals surface area contributed by atoms with Crippen LogP contribution in [-0.4, -0.2) is 17.9 Å². The van der Waals surface area contributed by atoms with Crippen LogP contribution in [0.2, 0.25) is 0 Å². The maximum Gasteiger partial charge on any atom is 0.271 e. The molecule has 1 amide bonds. The molecule has 0 fully saturated rings. The third-order valence-corrected chi connectivity index (χ3v) is 6.30. The first-order valence-corrected chi connectivity index (χ1v) is 13.1. The van der Waals surface area contributed by atoms with Crippen molar-refractivity contribution in [2.75, 3.05) is 12.4 Å². The van der Waals surface area contributed by atoms with Gasteiger partial charge in [-0.15, -0.1) is 0 Å². The van der Waals surface area contributed by atoms with Gasteiger partial charge in [-0.1, -0.05) is 58.4 Å². The molecule has 0 saturated carbocycles. The highest BCUT2D eigenvalue weighted by molar-refractivity contribution is 9.10. The van der Waals surface area contributed by atoms with Gasteiger partial charge in [-0.05, 0) is 53.6 Å². The Morgan fingerprint density at radius 1 is 0.927 bits per heavy atom. The van der Waals surface area contributed by atoms with Crippen LogP contribution in [-0.2, 0) is 18.0 Å². The van der Waals surface area contributed by atoms with Gasteiger partial charge in [0.25, 0.3) is 11.6 Å². The molecular formula is C31H24BrN3O6. The number of nitrogens with one attached hydrogen (secondary N) is 1. The van der Waals surface area contributed by atoms with E-state index in [9.17, 15) is 20.2 Å². The Hall–Kier alpha value is -5.14. The van der Waals surface area contributed by atoms with E-state index < -0.39 is 10.8 Å². The number of halogens is 1. The first-order chi connectivity index (χ1) is 19.9. The van der Waals surface area contributed by atoms with Crippen LogP contribution in [0.25, 0.3) is 6.08 Å². The molecule has 4 aromatic rings. The minimum Gasteiger partial charge on any atom is -0.493 e. The SMILES string of the molecule is COc1cc(COc2ccc(Br)cc2/C=C(/C#N)C(=O)Nc2cccc([N+](=O)[O-])c2)ccc1OCc1ccccc1. The van der Waals surface area contributed by atoms with Gasteiger partial charge < -0.3 is 19.5 Å². The highest BCUT2D eigenvalue weighted by Crippen LogP contribution is 2.31. The summed E-state index contributed by atoms with van der Waals surface area (Å²) in [6.45, 7) is 0.581. The van der Waals surface area contributed by atoms with Gasteiger partial charge in [0.1, 0.15) is 30.6 Å². The minimum absolute atomic E-state index is 0.180. The molecule has 0 saturated heterocycles. The van der Waals surface area contributed by atoms with Crippen molar-refractivity contribution >= 4 is 39.3 Å². The standard InChI is InChI=1S/C31H24BrN3O6/c1-39-30-14-22(10-12-29(30)41-19-21-6-3-2-4-7-21)20-40-28-13-11-25(32)16-23(28)15-24(18-33)31(36)34-26-8-5-9-27(17-26)35(37)38/h2-17H,19-20H2,1H3,(H,34,36)/b24-15-. The van der Waals surface area contributed by atoms with Crippen molar-refractivity contribution in [1.82, 2.24) is 0 Å². The number of carbonyl (C=O) groups is 1. The molecule has 0 aromatic heterocycles. The van der Waals surface area contributed by atoms with E-state index in [2.05, 4.69) is 21.2 Å². The van der Waals surface area contributed by atoms with Gasteiger partial charge in [0.15, 0.2) is 11.5 Å². The first kappa shape index (κ1) is 28.9. The number of nitriles is 1. The van der Waals surface area contributed by atoms with Crippen molar-refractivity contribution in [3.8, 4) is 23.3 Å². The maximum absolute atomic E-state index is 12.8. The summed E-state index contributed by atoms with van der Waals surface area (Å²) in [5.74, 6) is 0.880. The molecule has 0 unspecified atom stereocenters. The summed E-state index contributed by atoms with van der Waals surface area (Å²) in [5.41, 5.74) is 2.14. The number of carbonyl (C=O) groups excluding carboxylic acids is 1. The summed E-state index contributed by atoms with van der Waals surface area (Å²) in [4.78, 5) is 23.3. The summed E-state index contributed by atoms with van der Waals surface area (Å²) >= 11 is 3.41. The van der Waals surface area contributed by atoms with Crippen molar-refractivity contribution in [2.45, 2.75) is 13.2 Å². The van der Waals surface area contributed by atoms with Gasteiger partial charge in [0, 0.05) is 27.9 Å². The van der Waals surface area contributed by atoms with E-state index in [-0.39, 0.29) is 23.6 Å². The Labute approximate surface area is 244 Å². The molecule has 206 valence electrons. The van der Waals surface area contributed by atoms with E-state index in [1.165, 1.54) is 30.3 Å². The molecule has 0 radical (unpaired) electrons. The number of hydrogen-bond acceptors (Lipinski definition) is 7. The molecule has 0 atom stereocenters. The van der Waals surface area contributed by atoms with E-state index in [0.29, 0.717) is 33.9 Å². The van der Waals surface area contributed by atoms with Gasteiger partial charge in [-0.2, -0.15) is 5.26 Å². The predicted octanol–water partition coefficient (Wildman–Crippen LogP) is 7.07. The smallest absolute Gasteiger partial charge is 0.271 e. The number of rotatable bonds is 11. The zero-order valence-corrected chi connectivity index (χ0v) is 23.5. The van der Waals surface area contributed by atoms with Crippen molar-refractivity contribution in [1.29, 1.82) is 5.26 Å². The monoisotopic (exact) mass is 613 g/mol. The Morgan fingerprint density at radius 3 is 2.39 bits per heavy atom. The summed E-state index contributed by atoms with van der Waals surface area (Å²) in [5, 5.41) is 23.2. The lowest BCUT2D eigenvalue weighted by Crippen LogP contribution is -2.13. The second-order valence-electron chi connectivity index (χ2n) is 8.66. The van der Waals surface area contributed by atoms with E-state index in [1.807, 2.05) is 54.6 Å². The Bertz CT molecular complexity index is 1630. The lowest BCUT2D eigenvalue weighted by Gasteiger charge is -2.14. The summed E-state index contributed by atoms with van der Waals surface area (Å²) in [7, 11) is 1.56. The second-order valence-corrected chi connectivity index (χ2v) is 9.58. The van der Waals surface area contributed by atoms with E-state index in [4.69, 9.17) is 14.2 Å². The number of ether oxygens (including phenoxy) is 3. The number of benzene rings is 4. The number of non-ortho nitro benzene ring substituents is 1. The van der Waals surface area contributed by atoms with Crippen LogP contribution in [0.1, 0.15) is 16.7 Å². The molecular weight excluding hydrogens is 590 g/mol. The van der Waals surface area contributed by atoms with E-state index in [0.717, 1.165) is 11.1 Å². The number of nitro groups is 1. The maximum atomic E-state index is 12.8. The average Bonchev–Trinajstić information content (AvgIpc) is 2.99. The van der Waals surface area contributed by atoms with Crippen LogP contribution in [0.3, 0.4) is 0 Å². The molecule has 10 heteroatoms. The van der Waals surface area contributed by atoms with Crippen LogP contribution in [0.5, 0.6) is 17.2 Å². The van der Waals surface area contributed by atoms with Crippen LogP contribution < -0.4 is 19.5 Å². The van der Waals surface area contributed by atoms with Gasteiger partial charge in [-0.25, -0.2) is 0 Å². The highest BCUT2D eigenvalue weighted by atomic mass is 79.9.